The molecule has 0 atom stereocenters. The fraction of sp³-hybridized carbons (Fsp3) is 0.353. The van der Waals surface area contributed by atoms with Crippen molar-refractivity contribution in [1.29, 1.82) is 0 Å². The maximum Gasteiger partial charge on any atom is 0.0631 e. The van der Waals surface area contributed by atoms with Gasteiger partial charge in [0.1, 0.15) is 0 Å². The van der Waals surface area contributed by atoms with Crippen molar-refractivity contribution >= 4 is 0 Å². The second-order valence-corrected chi connectivity index (χ2v) is 14.9. The van der Waals surface area contributed by atoms with E-state index in [-0.39, 0.29) is 0 Å². The summed E-state index contributed by atoms with van der Waals surface area (Å²) in [6, 6.07) is 14.4. The summed E-state index contributed by atoms with van der Waals surface area (Å²) in [6.45, 7) is 36.9. The molecule has 6 aromatic heterocycles. The van der Waals surface area contributed by atoms with Crippen molar-refractivity contribution in [3.63, 3.8) is 0 Å². The minimum atomic E-state index is 1.01. The van der Waals surface area contributed by atoms with Crippen LogP contribution in [0.1, 0.15) is 101 Å². The molecule has 0 saturated carbocycles. The van der Waals surface area contributed by atoms with E-state index in [9.17, 15) is 0 Å². The molecule has 1 aromatic carbocycles. The van der Waals surface area contributed by atoms with E-state index in [1.54, 1.807) is 24.8 Å². The third-order valence-electron chi connectivity index (χ3n) is 10.5. The second kappa shape index (κ2) is 27.6. The Labute approximate surface area is 361 Å². The first-order valence-corrected chi connectivity index (χ1v) is 20.2. The lowest BCUT2D eigenvalue weighted by Crippen LogP contribution is -1.92. The lowest BCUT2D eigenvalue weighted by atomic mass is 10.1. The minimum absolute atomic E-state index is 1.01. The van der Waals surface area contributed by atoms with Crippen LogP contribution in [-0.4, -0.2) is 45.3 Å². The third kappa shape index (κ3) is 19.6. The van der Waals surface area contributed by atoms with E-state index in [0.29, 0.717) is 0 Å². The molecule has 0 aliphatic heterocycles. The summed E-state index contributed by atoms with van der Waals surface area (Å²) in [4.78, 5) is 20.3. The standard InChI is InChI=1S/C9H12.2C8H11N.C7H10N2.C7H9N.2C6H8N2/c1-7-5-4-6-8(2)9(7)3;1-6-4-9-5-7(2)8(6)3;1-6-4-5-9-8(3)7(6)2;1-5-4-8-9-7(3)6(5)2;1-6-4-3-5-8-7(6)2;1-5-6(2)8-4-3-7-5;1-5-3-4-7-8-6(5)2/h4-6H,1-3H3;2*4-5H,1-3H3;4H,1-3H3;3-5H,1-2H3;2*3-4H,1-2H3. The van der Waals surface area contributed by atoms with Gasteiger partial charge in [0.2, 0.25) is 0 Å². The molecule has 0 unspecified atom stereocenters. The zero-order valence-corrected chi connectivity index (χ0v) is 39.7. The molecule has 6 heterocycles. The Morgan fingerprint density at radius 2 is 0.683 bits per heavy atom. The zero-order valence-electron chi connectivity index (χ0n) is 39.7. The van der Waals surface area contributed by atoms with Crippen molar-refractivity contribution in [2.24, 2.45) is 0 Å². The fourth-order valence-electron chi connectivity index (χ4n) is 4.60. The highest BCUT2D eigenvalue weighted by Gasteiger charge is 1.96. The Morgan fingerprint density at radius 3 is 1.05 bits per heavy atom. The van der Waals surface area contributed by atoms with Gasteiger partial charge in [-0.25, -0.2) is 0 Å². The highest BCUT2D eigenvalue weighted by Crippen LogP contribution is 2.11. The van der Waals surface area contributed by atoms with Gasteiger partial charge in [-0.1, -0.05) is 24.3 Å². The number of hydrogen-bond donors (Lipinski definition) is 0. The van der Waals surface area contributed by atoms with Gasteiger partial charge >= 0.3 is 0 Å². The van der Waals surface area contributed by atoms with Crippen molar-refractivity contribution in [2.75, 3.05) is 0 Å². The predicted molar refractivity (Wildman–Crippen MR) is 251 cm³/mol. The second-order valence-electron chi connectivity index (χ2n) is 14.9. The zero-order chi connectivity index (χ0) is 45.4. The molecule has 7 aromatic rings. The van der Waals surface area contributed by atoms with Crippen LogP contribution in [-0.2, 0) is 0 Å². The van der Waals surface area contributed by atoms with Crippen molar-refractivity contribution in [3.05, 3.63) is 193 Å². The third-order valence-corrected chi connectivity index (χ3v) is 10.5. The van der Waals surface area contributed by atoms with E-state index in [4.69, 9.17) is 0 Å². The van der Waals surface area contributed by atoms with E-state index < -0.39 is 0 Å². The fourth-order valence-corrected chi connectivity index (χ4v) is 4.60. The Bertz CT molecular complexity index is 1890. The summed E-state index contributed by atoms with van der Waals surface area (Å²) in [5.41, 5.74) is 21.9. The van der Waals surface area contributed by atoms with Crippen LogP contribution in [0.5, 0.6) is 0 Å². The molecule has 0 aliphatic carbocycles. The molecule has 318 valence electrons. The molecule has 0 saturated heterocycles. The van der Waals surface area contributed by atoms with E-state index in [2.05, 4.69) is 139 Å². The molecule has 60 heavy (non-hydrogen) atoms. The summed E-state index contributed by atoms with van der Waals surface area (Å²) >= 11 is 0. The summed E-state index contributed by atoms with van der Waals surface area (Å²) in [7, 11) is 0. The van der Waals surface area contributed by atoms with Gasteiger partial charge in [-0.2, -0.15) is 20.4 Å². The minimum Gasteiger partial charge on any atom is -0.264 e. The molecule has 0 spiro atoms. The molecule has 0 radical (unpaired) electrons. The van der Waals surface area contributed by atoms with Crippen LogP contribution in [0.2, 0.25) is 0 Å². The van der Waals surface area contributed by atoms with Crippen molar-refractivity contribution in [3.8, 4) is 0 Å². The molecule has 0 bridgehead atoms. The molecule has 9 heteroatoms. The number of aryl methyl sites for hydroxylation is 14. The maximum atomic E-state index is 4.14. The number of rotatable bonds is 0. The molecular formula is C51H69N9. The summed E-state index contributed by atoms with van der Waals surface area (Å²) in [5, 5.41) is 15.2. The van der Waals surface area contributed by atoms with E-state index in [1.807, 2.05) is 98.4 Å². The Hall–Kier alpha value is -6.09. The smallest absolute Gasteiger partial charge is 0.0631 e. The quantitative estimate of drug-likeness (QED) is 0.148. The summed E-state index contributed by atoms with van der Waals surface area (Å²) < 4.78 is 0. The van der Waals surface area contributed by atoms with Crippen LogP contribution in [0.15, 0.2) is 92.0 Å². The van der Waals surface area contributed by atoms with Gasteiger partial charge in [-0.15, -0.1) is 0 Å². The summed E-state index contributed by atoms with van der Waals surface area (Å²) in [5.74, 6) is 0. The molecule has 7 rings (SSSR count). The largest absolute Gasteiger partial charge is 0.264 e. The van der Waals surface area contributed by atoms with Gasteiger partial charge in [0.05, 0.1) is 29.0 Å². The van der Waals surface area contributed by atoms with E-state index in [1.165, 1.54) is 66.8 Å². The first kappa shape index (κ1) is 51.9. The number of pyridine rings is 3. The first-order valence-electron chi connectivity index (χ1n) is 20.2. The number of hydrogen-bond acceptors (Lipinski definition) is 9. The van der Waals surface area contributed by atoms with Crippen LogP contribution in [0.25, 0.3) is 0 Å². The van der Waals surface area contributed by atoms with E-state index >= 15 is 0 Å². The monoisotopic (exact) mass is 808 g/mol. The Kier molecular flexibility index (Phi) is 23.9. The van der Waals surface area contributed by atoms with Gasteiger partial charge in [-0.3, -0.25) is 24.9 Å². The van der Waals surface area contributed by atoms with Crippen LogP contribution in [0, 0.1) is 125 Å². The van der Waals surface area contributed by atoms with Crippen molar-refractivity contribution in [1.82, 2.24) is 45.3 Å². The highest BCUT2D eigenvalue weighted by molar-refractivity contribution is 5.32. The van der Waals surface area contributed by atoms with Crippen LogP contribution in [0.4, 0.5) is 0 Å². The van der Waals surface area contributed by atoms with Crippen molar-refractivity contribution < 1.29 is 0 Å². The molecule has 0 fully saturated rings. The van der Waals surface area contributed by atoms with Gasteiger partial charge < -0.3 is 0 Å². The normalized spacial score (nSPS) is 9.50. The number of nitrogens with zero attached hydrogens (tertiary/aromatic N) is 9. The Morgan fingerprint density at radius 1 is 0.267 bits per heavy atom. The molecular weight excluding hydrogens is 739 g/mol. The van der Waals surface area contributed by atoms with Gasteiger partial charge in [0.15, 0.2) is 0 Å². The van der Waals surface area contributed by atoms with Gasteiger partial charge in [-0.05, 0) is 210 Å². The average Bonchev–Trinajstić information content (AvgIpc) is 3.22. The SMILES string of the molecule is Cc1cccc(C)c1C.Cc1cccnc1C.Cc1ccnc(C)c1C.Cc1ccnnc1C.Cc1cncc(C)c1C.Cc1cnnc(C)c1C.Cc1nccnc1C. The van der Waals surface area contributed by atoms with Crippen LogP contribution >= 0.6 is 0 Å². The summed E-state index contributed by atoms with van der Waals surface area (Å²) in [6.07, 6.45) is 14.3. The highest BCUT2D eigenvalue weighted by atomic mass is 15.1. The lowest BCUT2D eigenvalue weighted by Gasteiger charge is -2.00. The topological polar surface area (TPSA) is 116 Å². The van der Waals surface area contributed by atoms with Crippen molar-refractivity contribution in [2.45, 2.75) is 125 Å². The lowest BCUT2D eigenvalue weighted by molar-refractivity contribution is 0.944. The number of aromatic nitrogens is 9. The maximum absolute atomic E-state index is 4.14. The average molecular weight is 808 g/mol. The van der Waals surface area contributed by atoms with Crippen LogP contribution < -0.4 is 0 Å². The van der Waals surface area contributed by atoms with Gasteiger partial charge in [0.25, 0.3) is 0 Å². The Balaban J connectivity index is 0.000000350. The predicted octanol–water partition coefficient (Wildman–Crippen LogP) is 11.9. The first-order chi connectivity index (χ1) is 28.3. The molecule has 0 amide bonds. The van der Waals surface area contributed by atoms with Gasteiger partial charge in [0, 0.05) is 54.8 Å². The number of benzene rings is 1. The molecule has 0 N–H and O–H groups in total. The molecule has 9 nitrogen and oxygen atoms in total. The molecule has 0 aliphatic rings. The van der Waals surface area contributed by atoms with Crippen LogP contribution in [0.3, 0.4) is 0 Å². The van der Waals surface area contributed by atoms with E-state index in [0.717, 1.165) is 34.2 Å².